The van der Waals surface area contributed by atoms with Gasteiger partial charge in [0.2, 0.25) is 0 Å². The Hall–Kier alpha value is -2.70. The van der Waals surface area contributed by atoms with E-state index in [1.165, 1.54) is 5.56 Å². The Kier molecular flexibility index (Phi) is 6.44. The molecule has 0 spiro atoms. The van der Waals surface area contributed by atoms with Crippen LogP contribution in [0.1, 0.15) is 16.1 Å². The summed E-state index contributed by atoms with van der Waals surface area (Å²) in [5, 5.41) is 6.62. The quantitative estimate of drug-likeness (QED) is 0.610. The number of amides is 2. The van der Waals surface area contributed by atoms with Crippen molar-refractivity contribution in [3.8, 4) is 10.6 Å². The lowest BCUT2D eigenvalue weighted by atomic mass is 10.1. The number of aryl methyl sites for hydroxylation is 2. The van der Waals surface area contributed by atoms with E-state index in [0.29, 0.717) is 23.7 Å². The molecule has 1 heterocycles. The van der Waals surface area contributed by atoms with Crippen LogP contribution in [0.3, 0.4) is 0 Å². The number of carbonyl (C=O) groups is 2. The van der Waals surface area contributed by atoms with Crippen molar-refractivity contribution >= 4 is 40.4 Å². The molecule has 0 bridgehead atoms. The molecule has 0 atom stereocenters. The van der Waals surface area contributed by atoms with Crippen LogP contribution in [0.5, 0.6) is 0 Å². The van der Waals surface area contributed by atoms with Crippen molar-refractivity contribution in [1.82, 2.24) is 10.3 Å². The molecule has 28 heavy (non-hydrogen) atoms. The number of thiazole rings is 1. The minimum atomic E-state index is -0.719. The molecule has 3 aromatic rings. The first-order valence-electron chi connectivity index (χ1n) is 8.80. The summed E-state index contributed by atoms with van der Waals surface area (Å²) < 4.78 is 0. The van der Waals surface area contributed by atoms with Gasteiger partial charge in [0, 0.05) is 34.1 Å². The molecule has 7 heteroatoms. The minimum Gasteiger partial charge on any atom is -0.347 e. The molecule has 0 saturated heterocycles. The van der Waals surface area contributed by atoms with Crippen molar-refractivity contribution < 1.29 is 9.59 Å². The normalized spacial score (nSPS) is 10.5. The van der Waals surface area contributed by atoms with Gasteiger partial charge in [0.15, 0.2) is 0 Å². The number of rotatable bonds is 5. The Labute approximate surface area is 172 Å². The van der Waals surface area contributed by atoms with Crippen LogP contribution in [-0.2, 0) is 16.0 Å². The van der Waals surface area contributed by atoms with E-state index in [4.69, 9.17) is 11.6 Å². The van der Waals surface area contributed by atoms with Gasteiger partial charge in [-0.2, -0.15) is 0 Å². The molecule has 0 unspecified atom stereocenters. The highest BCUT2D eigenvalue weighted by molar-refractivity contribution is 7.15. The smallest absolute Gasteiger partial charge is 0.313 e. The Balaban J connectivity index is 1.54. The maximum absolute atomic E-state index is 12.0. The number of anilines is 1. The summed E-state index contributed by atoms with van der Waals surface area (Å²) in [6.45, 7) is 4.37. The number of halogens is 1. The van der Waals surface area contributed by atoms with Gasteiger partial charge in [0.25, 0.3) is 0 Å². The first-order valence-corrected chi connectivity index (χ1v) is 10.00. The second-order valence-electron chi connectivity index (χ2n) is 6.37. The summed E-state index contributed by atoms with van der Waals surface area (Å²) >= 11 is 7.48. The molecule has 0 radical (unpaired) electrons. The van der Waals surface area contributed by atoms with Crippen LogP contribution >= 0.6 is 22.9 Å². The predicted octanol–water partition coefficient (Wildman–Crippen LogP) is 4.38. The van der Waals surface area contributed by atoms with Crippen LogP contribution < -0.4 is 10.6 Å². The zero-order valence-electron chi connectivity index (χ0n) is 15.6. The summed E-state index contributed by atoms with van der Waals surface area (Å²) in [4.78, 5) is 29.7. The number of hydrogen-bond acceptors (Lipinski definition) is 4. The van der Waals surface area contributed by atoms with Crippen LogP contribution in [0.4, 0.5) is 5.69 Å². The van der Waals surface area contributed by atoms with Crippen molar-refractivity contribution in [1.29, 1.82) is 0 Å². The molecule has 0 fully saturated rings. The summed E-state index contributed by atoms with van der Waals surface area (Å²) in [6, 6.07) is 14.9. The van der Waals surface area contributed by atoms with E-state index in [1.807, 2.05) is 19.1 Å². The van der Waals surface area contributed by atoms with Gasteiger partial charge in [-0.15, -0.1) is 11.3 Å². The summed E-state index contributed by atoms with van der Waals surface area (Å²) in [7, 11) is 0. The van der Waals surface area contributed by atoms with Crippen LogP contribution in [-0.4, -0.2) is 23.3 Å². The zero-order valence-corrected chi connectivity index (χ0v) is 17.2. The third kappa shape index (κ3) is 5.18. The van der Waals surface area contributed by atoms with E-state index in [1.54, 1.807) is 35.6 Å². The summed E-state index contributed by atoms with van der Waals surface area (Å²) in [5.74, 6) is -1.40. The first-order chi connectivity index (χ1) is 13.4. The van der Waals surface area contributed by atoms with Crippen molar-refractivity contribution in [2.45, 2.75) is 20.3 Å². The second kappa shape index (κ2) is 8.99. The van der Waals surface area contributed by atoms with Crippen molar-refractivity contribution in [3.63, 3.8) is 0 Å². The van der Waals surface area contributed by atoms with Gasteiger partial charge in [-0.3, -0.25) is 9.59 Å². The fraction of sp³-hybridized carbons (Fsp3) is 0.190. The van der Waals surface area contributed by atoms with Gasteiger partial charge >= 0.3 is 11.8 Å². The molecule has 0 aliphatic rings. The summed E-state index contributed by atoms with van der Waals surface area (Å²) in [5.41, 5.74) is 3.70. The van der Waals surface area contributed by atoms with Gasteiger partial charge in [0.05, 0.1) is 5.69 Å². The average Bonchev–Trinajstić information content (AvgIpc) is 3.02. The lowest BCUT2D eigenvalue weighted by molar-refractivity contribution is -0.136. The van der Waals surface area contributed by atoms with Gasteiger partial charge in [-0.05, 0) is 38.1 Å². The highest BCUT2D eigenvalue weighted by Gasteiger charge is 2.15. The van der Waals surface area contributed by atoms with Crippen molar-refractivity contribution in [2.24, 2.45) is 0 Å². The predicted molar refractivity (Wildman–Crippen MR) is 114 cm³/mol. The van der Waals surface area contributed by atoms with Gasteiger partial charge < -0.3 is 10.6 Å². The Morgan fingerprint density at radius 3 is 2.61 bits per heavy atom. The molecule has 144 valence electrons. The van der Waals surface area contributed by atoms with Crippen molar-refractivity contribution in [3.05, 3.63) is 69.7 Å². The lowest BCUT2D eigenvalue weighted by Gasteiger charge is -2.06. The van der Waals surface area contributed by atoms with Crippen LogP contribution in [0.25, 0.3) is 10.6 Å². The first kappa shape index (κ1) is 20.0. The highest BCUT2D eigenvalue weighted by Crippen LogP contribution is 2.28. The fourth-order valence-electron chi connectivity index (χ4n) is 2.69. The Bertz CT molecular complexity index is 1020. The number of aromatic nitrogens is 1. The van der Waals surface area contributed by atoms with E-state index >= 15 is 0 Å². The van der Waals surface area contributed by atoms with Gasteiger partial charge in [0.1, 0.15) is 5.01 Å². The number of carbonyl (C=O) groups excluding carboxylic acids is 2. The molecule has 1 aromatic heterocycles. The molecule has 0 aliphatic heterocycles. The lowest BCUT2D eigenvalue weighted by Crippen LogP contribution is -2.36. The monoisotopic (exact) mass is 413 g/mol. The van der Waals surface area contributed by atoms with E-state index in [2.05, 4.69) is 34.7 Å². The van der Waals surface area contributed by atoms with Crippen LogP contribution in [0, 0.1) is 13.8 Å². The van der Waals surface area contributed by atoms with Crippen molar-refractivity contribution in [2.75, 3.05) is 11.9 Å². The third-order valence-electron chi connectivity index (χ3n) is 4.08. The largest absolute Gasteiger partial charge is 0.347 e. The Morgan fingerprint density at radius 1 is 1.07 bits per heavy atom. The Morgan fingerprint density at radius 2 is 1.86 bits per heavy atom. The SMILES string of the molecule is Cc1cccc(-c2nc(C)c(CCNC(=O)C(=O)Nc3cccc(Cl)c3)s2)c1. The highest BCUT2D eigenvalue weighted by atomic mass is 35.5. The summed E-state index contributed by atoms with van der Waals surface area (Å²) in [6.07, 6.45) is 0.617. The standard InChI is InChI=1S/C21H20ClN3O2S/c1-13-5-3-6-15(11-13)21-24-14(2)18(28-21)9-10-23-19(26)20(27)25-17-8-4-7-16(22)12-17/h3-8,11-12H,9-10H2,1-2H3,(H,23,26)(H,25,27). The van der Waals surface area contributed by atoms with E-state index in [9.17, 15) is 9.59 Å². The zero-order chi connectivity index (χ0) is 20.1. The van der Waals surface area contributed by atoms with E-state index < -0.39 is 11.8 Å². The maximum atomic E-state index is 12.0. The third-order valence-corrected chi connectivity index (χ3v) is 5.59. The topological polar surface area (TPSA) is 71.1 Å². The molecular formula is C21H20ClN3O2S. The molecular weight excluding hydrogens is 394 g/mol. The number of benzene rings is 2. The van der Waals surface area contributed by atoms with E-state index in [0.717, 1.165) is 21.1 Å². The molecule has 2 N–H and O–H groups in total. The molecule has 5 nitrogen and oxygen atoms in total. The second-order valence-corrected chi connectivity index (χ2v) is 7.89. The average molecular weight is 414 g/mol. The molecule has 0 aliphatic carbocycles. The number of nitrogens with zero attached hydrogens (tertiary/aromatic N) is 1. The van der Waals surface area contributed by atoms with E-state index in [-0.39, 0.29) is 0 Å². The molecule has 2 amide bonds. The molecule has 3 rings (SSSR count). The van der Waals surface area contributed by atoms with Gasteiger partial charge in [-0.1, -0.05) is 41.4 Å². The number of nitrogens with one attached hydrogen (secondary N) is 2. The fourth-order valence-corrected chi connectivity index (χ4v) is 3.93. The molecule has 0 saturated carbocycles. The maximum Gasteiger partial charge on any atom is 0.313 e. The minimum absolute atomic E-state index is 0.359. The van der Waals surface area contributed by atoms with Crippen LogP contribution in [0.2, 0.25) is 5.02 Å². The van der Waals surface area contributed by atoms with Gasteiger partial charge in [-0.25, -0.2) is 4.98 Å². The molecule has 2 aromatic carbocycles. The van der Waals surface area contributed by atoms with Crippen LogP contribution in [0.15, 0.2) is 48.5 Å². The number of hydrogen-bond donors (Lipinski definition) is 2.